The molecule has 0 radical (unpaired) electrons. The Morgan fingerprint density at radius 3 is 1.62 bits per heavy atom. The zero-order valence-corrected chi connectivity index (χ0v) is 16.8. The minimum atomic E-state index is -4.69. The third-order valence-corrected chi connectivity index (χ3v) is 8.22. The first-order chi connectivity index (χ1) is 13.7. The van der Waals surface area contributed by atoms with Gasteiger partial charge in [0.25, 0.3) is 25.7 Å². The summed E-state index contributed by atoms with van der Waals surface area (Å²) in [5.41, 5.74) is -0.716. The highest BCUT2D eigenvalue weighted by Crippen LogP contribution is 2.37. The second-order valence-electron chi connectivity index (χ2n) is 6.08. The van der Waals surface area contributed by atoms with Gasteiger partial charge in [-0.2, -0.15) is 0 Å². The fraction of sp³-hybridized carbons (Fsp3) is 0.0526. The Hall–Kier alpha value is -3.24. The minimum Gasteiger partial charge on any atom is -0.258 e. The van der Waals surface area contributed by atoms with Gasteiger partial charge in [-0.15, -0.1) is 3.71 Å². The zero-order chi connectivity index (χ0) is 21.2. The van der Waals surface area contributed by atoms with E-state index in [-0.39, 0.29) is 13.5 Å². The van der Waals surface area contributed by atoms with Gasteiger partial charge in [0.1, 0.15) is 5.69 Å². The highest BCUT2D eigenvalue weighted by Gasteiger charge is 2.40. The molecule has 0 aliphatic heterocycles. The molecule has 0 aliphatic rings. The van der Waals surface area contributed by atoms with E-state index in [9.17, 15) is 26.9 Å². The van der Waals surface area contributed by atoms with E-state index in [1.165, 1.54) is 54.6 Å². The number of hydrogen-bond acceptors (Lipinski definition) is 6. The molecule has 0 aliphatic carbocycles. The summed E-state index contributed by atoms with van der Waals surface area (Å²) in [7, 11) is -9.38. The maximum Gasteiger partial charge on any atom is 0.295 e. The molecule has 150 valence electrons. The van der Waals surface area contributed by atoms with Crippen molar-refractivity contribution in [3.63, 3.8) is 0 Å². The molecule has 0 aromatic heterocycles. The largest absolute Gasteiger partial charge is 0.295 e. The standard InChI is InChI=1S/C19H16N2O6S2/c1-15-12-13-18(19(14-15)20(22)23)21(28(24,25)16-8-4-2-5-9-16)29(26,27)17-10-6-3-7-11-17/h2-14H,1H3. The van der Waals surface area contributed by atoms with E-state index in [0.29, 0.717) is 5.56 Å². The van der Waals surface area contributed by atoms with E-state index < -0.39 is 36.3 Å². The molecular formula is C19H16N2O6S2. The van der Waals surface area contributed by atoms with Crippen LogP contribution in [0.25, 0.3) is 0 Å². The van der Waals surface area contributed by atoms with Gasteiger partial charge in [0.05, 0.1) is 14.7 Å². The van der Waals surface area contributed by atoms with Crippen LogP contribution in [0.2, 0.25) is 0 Å². The van der Waals surface area contributed by atoms with Gasteiger partial charge in [-0.25, -0.2) is 16.8 Å². The number of sulfonamides is 2. The molecule has 0 spiro atoms. The van der Waals surface area contributed by atoms with Crippen LogP contribution in [0, 0.1) is 17.0 Å². The number of benzene rings is 3. The van der Waals surface area contributed by atoms with Gasteiger partial charge in [-0.1, -0.05) is 42.5 Å². The summed E-state index contributed by atoms with van der Waals surface area (Å²) in [5.74, 6) is 0. The second-order valence-corrected chi connectivity index (χ2v) is 9.89. The van der Waals surface area contributed by atoms with Gasteiger partial charge in [0, 0.05) is 6.07 Å². The highest BCUT2D eigenvalue weighted by atomic mass is 32.3. The maximum absolute atomic E-state index is 13.3. The average Bonchev–Trinajstić information content (AvgIpc) is 2.70. The van der Waals surface area contributed by atoms with Crippen LogP contribution in [0.3, 0.4) is 0 Å². The molecule has 0 saturated heterocycles. The molecule has 0 fully saturated rings. The molecule has 3 aromatic rings. The number of nitro benzene ring substituents is 1. The predicted molar refractivity (Wildman–Crippen MR) is 108 cm³/mol. The Bertz CT molecular complexity index is 1190. The van der Waals surface area contributed by atoms with E-state index in [1.807, 2.05) is 0 Å². The zero-order valence-electron chi connectivity index (χ0n) is 15.2. The van der Waals surface area contributed by atoms with Gasteiger partial charge in [0.2, 0.25) is 0 Å². The first-order valence-electron chi connectivity index (χ1n) is 8.31. The van der Waals surface area contributed by atoms with Gasteiger partial charge in [-0.05, 0) is 42.8 Å². The monoisotopic (exact) mass is 432 g/mol. The van der Waals surface area contributed by atoms with E-state index in [4.69, 9.17) is 0 Å². The van der Waals surface area contributed by atoms with Crippen LogP contribution >= 0.6 is 0 Å². The van der Waals surface area contributed by atoms with Crippen molar-refractivity contribution in [1.29, 1.82) is 0 Å². The first kappa shape index (κ1) is 20.5. The summed E-state index contributed by atoms with van der Waals surface area (Å²) in [5, 5.41) is 11.6. The Kier molecular flexibility index (Phi) is 5.40. The maximum atomic E-state index is 13.3. The topological polar surface area (TPSA) is 115 Å². The van der Waals surface area contributed by atoms with Gasteiger partial charge < -0.3 is 0 Å². The van der Waals surface area contributed by atoms with Crippen LogP contribution in [0.15, 0.2) is 88.7 Å². The number of aryl methyl sites for hydroxylation is 1. The number of rotatable bonds is 6. The van der Waals surface area contributed by atoms with Gasteiger partial charge in [0.15, 0.2) is 0 Å². The number of nitro groups is 1. The normalized spacial score (nSPS) is 11.8. The van der Waals surface area contributed by atoms with E-state index in [0.717, 1.165) is 12.1 Å². The Morgan fingerprint density at radius 1 is 0.759 bits per heavy atom. The Morgan fingerprint density at radius 2 is 1.21 bits per heavy atom. The Labute approximate surface area is 168 Å². The number of hydrogen-bond donors (Lipinski definition) is 0. The van der Waals surface area contributed by atoms with Crippen molar-refractivity contribution >= 4 is 31.4 Å². The highest BCUT2D eigenvalue weighted by molar-refractivity contribution is 8.10. The quantitative estimate of drug-likeness (QED) is 0.435. The van der Waals surface area contributed by atoms with Gasteiger partial charge in [-0.3, -0.25) is 10.1 Å². The second kappa shape index (κ2) is 7.64. The molecule has 0 bridgehead atoms. The first-order valence-corrected chi connectivity index (χ1v) is 11.2. The average molecular weight is 432 g/mol. The number of nitrogens with zero attached hydrogens (tertiary/aromatic N) is 2. The molecule has 0 saturated carbocycles. The summed E-state index contributed by atoms with van der Waals surface area (Å²) in [6.07, 6.45) is 0. The third-order valence-electron chi connectivity index (χ3n) is 4.04. The lowest BCUT2D eigenvalue weighted by molar-refractivity contribution is -0.384. The molecule has 3 rings (SSSR count). The third kappa shape index (κ3) is 3.84. The summed E-state index contributed by atoms with van der Waals surface area (Å²) < 4.78 is 53.5. The SMILES string of the molecule is Cc1ccc(N(S(=O)(=O)c2ccccc2)S(=O)(=O)c2ccccc2)c([N+](=O)[O-])c1. The van der Waals surface area contributed by atoms with Crippen molar-refractivity contribution in [2.75, 3.05) is 3.71 Å². The molecule has 8 nitrogen and oxygen atoms in total. The van der Waals surface area contributed by atoms with Gasteiger partial charge >= 0.3 is 0 Å². The lowest BCUT2D eigenvalue weighted by atomic mass is 10.2. The van der Waals surface area contributed by atoms with Crippen molar-refractivity contribution in [3.05, 3.63) is 94.5 Å². The predicted octanol–water partition coefficient (Wildman–Crippen LogP) is 3.49. The van der Waals surface area contributed by atoms with Crippen LogP contribution in [0.1, 0.15) is 5.56 Å². The molecule has 3 aromatic carbocycles. The Balaban J connectivity index is 2.38. The molecule has 0 N–H and O–H groups in total. The molecular weight excluding hydrogens is 416 g/mol. The fourth-order valence-electron chi connectivity index (χ4n) is 2.70. The van der Waals surface area contributed by atoms with E-state index >= 15 is 0 Å². The van der Waals surface area contributed by atoms with E-state index in [2.05, 4.69) is 0 Å². The lowest BCUT2D eigenvalue weighted by Gasteiger charge is -2.24. The molecule has 0 heterocycles. The molecule has 10 heteroatoms. The van der Waals surface area contributed by atoms with E-state index in [1.54, 1.807) is 19.1 Å². The summed E-state index contributed by atoms with van der Waals surface area (Å²) in [6, 6.07) is 17.4. The smallest absolute Gasteiger partial charge is 0.258 e. The fourth-order valence-corrected chi connectivity index (χ4v) is 6.46. The summed E-state index contributed by atoms with van der Waals surface area (Å²) in [6.45, 7) is 1.58. The molecule has 0 atom stereocenters. The van der Waals surface area contributed by atoms with Crippen LogP contribution in [-0.2, 0) is 20.0 Å². The number of anilines is 1. The summed E-state index contributed by atoms with van der Waals surface area (Å²) in [4.78, 5) is 10.2. The van der Waals surface area contributed by atoms with Crippen molar-refractivity contribution < 1.29 is 21.8 Å². The molecule has 0 amide bonds. The van der Waals surface area contributed by atoms with Crippen LogP contribution in [0.4, 0.5) is 11.4 Å². The van der Waals surface area contributed by atoms with Crippen molar-refractivity contribution in [1.82, 2.24) is 0 Å². The van der Waals surface area contributed by atoms with Crippen molar-refractivity contribution in [2.45, 2.75) is 16.7 Å². The van der Waals surface area contributed by atoms with Crippen LogP contribution < -0.4 is 3.71 Å². The minimum absolute atomic E-state index is 0.127. The lowest BCUT2D eigenvalue weighted by Crippen LogP contribution is -2.37. The van der Waals surface area contributed by atoms with Crippen molar-refractivity contribution in [2.24, 2.45) is 0 Å². The molecule has 29 heavy (non-hydrogen) atoms. The van der Waals surface area contributed by atoms with Crippen molar-refractivity contribution in [3.8, 4) is 0 Å². The molecule has 0 unspecified atom stereocenters. The van der Waals surface area contributed by atoms with Crippen LogP contribution in [-0.4, -0.2) is 21.8 Å². The summed E-state index contributed by atoms with van der Waals surface area (Å²) >= 11 is 0. The van der Waals surface area contributed by atoms with Crippen LogP contribution in [0.5, 0.6) is 0 Å².